The molecule has 0 aliphatic heterocycles. The van der Waals surface area contributed by atoms with Gasteiger partial charge in [0.25, 0.3) is 22.2 Å². The van der Waals surface area contributed by atoms with E-state index in [2.05, 4.69) is 18.8 Å². The molecule has 3 aromatic carbocycles. The third-order valence-electron chi connectivity index (χ3n) is 5.62. The Balaban J connectivity index is 1.53. The van der Waals surface area contributed by atoms with E-state index in [0.29, 0.717) is 23.1 Å². The maximum atomic E-state index is 12.9. The molecular weight excluding hydrogens is 408 g/mol. The van der Waals surface area contributed by atoms with Gasteiger partial charge >= 0.3 is 0 Å². The van der Waals surface area contributed by atoms with Crippen molar-refractivity contribution in [3.8, 4) is 17.2 Å². The molecule has 5 rings (SSSR count). The lowest BCUT2D eigenvalue weighted by atomic mass is 10.0. The standard InChI is InChI=1S/C25H18N2O5/c1-13(2)14-3-7-16(8-4-14)32-17-9-5-15(6-10-17)27-24(30)20-11-18-19(12-21(20)25(27)31)23(29)26-22(18)28/h3-13H,1-2H3,(H,26,28,29). The summed E-state index contributed by atoms with van der Waals surface area (Å²) in [5.41, 5.74) is -0.655. The smallest absolute Gasteiger partial charge is 0.266 e. The van der Waals surface area contributed by atoms with Crippen LogP contribution in [-0.4, -0.2) is 9.55 Å². The number of rotatable bonds is 4. The largest absolute Gasteiger partial charge is 0.457 e. The maximum absolute atomic E-state index is 12.9. The lowest BCUT2D eigenvalue weighted by Crippen LogP contribution is -2.23. The molecule has 5 aromatic rings. The summed E-state index contributed by atoms with van der Waals surface area (Å²) in [6, 6.07) is 17.0. The molecular formula is C25H18N2O5. The van der Waals surface area contributed by atoms with E-state index < -0.39 is 22.2 Å². The molecule has 0 aliphatic rings. The van der Waals surface area contributed by atoms with Gasteiger partial charge in [-0.2, -0.15) is 0 Å². The zero-order chi connectivity index (χ0) is 22.6. The maximum Gasteiger partial charge on any atom is 0.266 e. The SMILES string of the molecule is CC(C)c1ccc(Oc2ccc(-n3c(=O)c4cc5c(=O)[nH]c(=O)c5cc4c3=O)cc2)cc1. The topological polar surface area (TPSA) is 98.2 Å². The average Bonchev–Trinajstić information content (AvgIpc) is 3.20. The van der Waals surface area contributed by atoms with E-state index in [9.17, 15) is 19.2 Å². The Kier molecular flexibility index (Phi) is 4.41. The van der Waals surface area contributed by atoms with Crippen molar-refractivity contribution in [2.24, 2.45) is 0 Å². The fourth-order valence-electron chi connectivity index (χ4n) is 3.85. The van der Waals surface area contributed by atoms with Gasteiger partial charge in [-0.05, 0) is 60.0 Å². The number of aromatic amines is 1. The van der Waals surface area contributed by atoms with E-state index in [1.54, 1.807) is 24.3 Å². The zero-order valence-corrected chi connectivity index (χ0v) is 17.3. The molecule has 7 nitrogen and oxygen atoms in total. The molecule has 2 heterocycles. The Morgan fingerprint density at radius 1 is 0.688 bits per heavy atom. The minimum absolute atomic E-state index is 0.101. The van der Waals surface area contributed by atoms with Crippen molar-refractivity contribution < 1.29 is 4.74 Å². The van der Waals surface area contributed by atoms with Gasteiger partial charge in [-0.3, -0.25) is 24.2 Å². The summed E-state index contributed by atoms with van der Waals surface area (Å²) in [4.78, 5) is 51.8. The molecule has 0 unspecified atom stereocenters. The highest BCUT2D eigenvalue weighted by Gasteiger charge is 2.18. The highest BCUT2D eigenvalue weighted by Crippen LogP contribution is 2.25. The van der Waals surface area contributed by atoms with Crippen molar-refractivity contribution in [2.45, 2.75) is 19.8 Å². The zero-order valence-electron chi connectivity index (χ0n) is 17.3. The van der Waals surface area contributed by atoms with Gasteiger partial charge in [0.05, 0.1) is 27.2 Å². The summed E-state index contributed by atoms with van der Waals surface area (Å²) in [5, 5.41) is 0.404. The Bertz CT molecular complexity index is 1610. The van der Waals surface area contributed by atoms with Crippen molar-refractivity contribution in [3.05, 3.63) is 108 Å². The van der Waals surface area contributed by atoms with Gasteiger partial charge in [0, 0.05) is 0 Å². The number of hydrogen-bond donors (Lipinski definition) is 1. The molecule has 158 valence electrons. The average molecular weight is 426 g/mol. The quantitative estimate of drug-likeness (QED) is 0.475. The monoisotopic (exact) mass is 426 g/mol. The Morgan fingerprint density at radius 2 is 1.16 bits per heavy atom. The molecule has 0 radical (unpaired) electrons. The van der Waals surface area contributed by atoms with Crippen LogP contribution in [0.15, 0.2) is 79.8 Å². The van der Waals surface area contributed by atoms with Crippen LogP contribution in [0.1, 0.15) is 25.3 Å². The van der Waals surface area contributed by atoms with E-state index in [-0.39, 0.29) is 21.5 Å². The molecule has 0 fully saturated rings. The molecule has 0 amide bonds. The van der Waals surface area contributed by atoms with Crippen LogP contribution in [-0.2, 0) is 0 Å². The first-order valence-electron chi connectivity index (χ1n) is 10.1. The van der Waals surface area contributed by atoms with E-state index in [4.69, 9.17) is 4.74 Å². The molecule has 0 bridgehead atoms. The van der Waals surface area contributed by atoms with Crippen LogP contribution in [0, 0.1) is 0 Å². The number of aromatic nitrogens is 2. The van der Waals surface area contributed by atoms with E-state index >= 15 is 0 Å². The number of nitrogens with zero attached hydrogens (tertiary/aromatic N) is 1. The first-order chi connectivity index (χ1) is 15.3. The van der Waals surface area contributed by atoms with Gasteiger partial charge in [-0.15, -0.1) is 0 Å². The lowest BCUT2D eigenvalue weighted by molar-refractivity contribution is 0.482. The summed E-state index contributed by atoms with van der Waals surface area (Å²) in [6.07, 6.45) is 0. The Hall–Kier alpha value is -4.26. The van der Waals surface area contributed by atoms with E-state index in [0.717, 1.165) is 4.57 Å². The molecule has 1 N–H and O–H groups in total. The molecule has 0 aliphatic carbocycles. The van der Waals surface area contributed by atoms with E-state index in [1.165, 1.54) is 17.7 Å². The molecule has 0 saturated heterocycles. The molecule has 0 atom stereocenters. The van der Waals surface area contributed by atoms with Crippen LogP contribution in [0.3, 0.4) is 0 Å². The van der Waals surface area contributed by atoms with Gasteiger partial charge in [-0.1, -0.05) is 26.0 Å². The molecule has 7 heteroatoms. The van der Waals surface area contributed by atoms with Crippen LogP contribution in [0.2, 0.25) is 0 Å². The van der Waals surface area contributed by atoms with Crippen molar-refractivity contribution in [3.63, 3.8) is 0 Å². The molecule has 0 spiro atoms. The minimum Gasteiger partial charge on any atom is -0.457 e. The van der Waals surface area contributed by atoms with Crippen molar-refractivity contribution in [1.29, 1.82) is 0 Å². The summed E-state index contributed by atoms with van der Waals surface area (Å²) in [7, 11) is 0. The van der Waals surface area contributed by atoms with Gasteiger partial charge in [0.1, 0.15) is 11.5 Å². The summed E-state index contributed by atoms with van der Waals surface area (Å²) in [6.45, 7) is 4.24. The van der Waals surface area contributed by atoms with Crippen molar-refractivity contribution >= 4 is 21.5 Å². The highest BCUT2D eigenvalue weighted by atomic mass is 16.5. The summed E-state index contributed by atoms with van der Waals surface area (Å²) < 4.78 is 6.88. The second-order valence-corrected chi connectivity index (χ2v) is 7.99. The highest BCUT2D eigenvalue weighted by molar-refractivity contribution is 5.97. The first-order valence-corrected chi connectivity index (χ1v) is 10.1. The van der Waals surface area contributed by atoms with Crippen LogP contribution in [0.4, 0.5) is 0 Å². The first kappa shape index (κ1) is 19.7. The number of fused-ring (bicyclic) bond motifs is 2. The molecule has 2 aromatic heterocycles. The minimum atomic E-state index is -0.575. The van der Waals surface area contributed by atoms with Crippen LogP contribution in [0.5, 0.6) is 11.5 Å². The Morgan fingerprint density at radius 3 is 1.62 bits per heavy atom. The van der Waals surface area contributed by atoms with Gasteiger partial charge < -0.3 is 4.74 Å². The lowest BCUT2D eigenvalue weighted by Gasteiger charge is -2.09. The molecule has 0 saturated carbocycles. The predicted molar refractivity (Wildman–Crippen MR) is 123 cm³/mol. The molecule has 32 heavy (non-hydrogen) atoms. The van der Waals surface area contributed by atoms with Gasteiger partial charge in [-0.25, -0.2) is 4.57 Å². The second kappa shape index (κ2) is 7.16. The third kappa shape index (κ3) is 3.06. The van der Waals surface area contributed by atoms with Crippen LogP contribution in [0.25, 0.3) is 27.2 Å². The Labute approximate surface area is 180 Å². The number of hydrogen-bond acceptors (Lipinski definition) is 5. The van der Waals surface area contributed by atoms with Gasteiger partial charge in [0.15, 0.2) is 0 Å². The van der Waals surface area contributed by atoms with Crippen LogP contribution >= 0.6 is 0 Å². The third-order valence-corrected chi connectivity index (χ3v) is 5.62. The van der Waals surface area contributed by atoms with Crippen molar-refractivity contribution in [2.75, 3.05) is 0 Å². The summed E-state index contributed by atoms with van der Waals surface area (Å²) >= 11 is 0. The predicted octanol–water partition coefficient (Wildman–Crippen LogP) is 3.34. The van der Waals surface area contributed by atoms with Gasteiger partial charge in [0.2, 0.25) is 0 Å². The number of nitrogens with one attached hydrogen (secondary N) is 1. The number of ether oxygens (including phenoxy) is 1. The normalized spacial score (nSPS) is 11.6. The number of benzene rings is 3. The van der Waals surface area contributed by atoms with E-state index in [1.807, 2.05) is 24.3 Å². The fourth-order valence-corrected chi connectivity index (χ4v) is 3.85. The second-order valence-electron chi connectivity index (χ2n) is 7.99. The number of H-pyrrole nitrogens is 1. The van der Waals surface area contributed by atoms with Crippen LogP contribution < -0.4 is 27.0 Å². The van der Waals surface area contributed by atoms with Crippen molar-refractivity contribution in [1.82, 2.24) is 9.55 Å². The fraction of sp³-hybridized carbons (Fsp3) is 0.120. The summed E-state index contributed by atoms with van der Waals surface area (Å²) in [5.74, 6) is 1.67.